The van der Waals surface area contributed by atoms with Crippen molar-refractivity contribution in [2.75, 3.05) is 13.7 Å². The Labute approximate surface area is 291 Å². The molecule has 1 aromatic rings. The van der Waals surface area contributed by atoms with Gasteiger partial charge in [-0.1, -0.05) is 0 Å². The number of carbonyl (C=O) groups is 6. The molecule has 0 spiro atoms. The van der Waals surface area contributed by atoms with E-state index >= 15 is 0 Å². The molecule has 280 valence electrons. The van der Waals surface area contributed by atoms with Gasteiger partial charge in [0.25, 0.3) is 0 Å². The van der Waals surface area contributed by atoms with E-state index in [9.17, 15) is 37.2 Å². The summed E-state index contributed by atoms with van der Waals surface area (Å²) in [5.74, 6) is -4.64. The number of amides is 2. The van der Waals surface area contributed by atoms with Crippen molar-refractivity contribution in [2.24, 2.45) is 0 Å². The Bertz CT molecular complexity index is 1590. The zero-order valence-corrected chi connectivity index (χ0v) is 30.9. The van der Waals surface area contributed by atoms with Gasteiger partial charge in [0.1, 0.15) is 36.1 Å². The number of hydrogen-bond acceptors (Lipinski definition) is 14. The Kier molecular flexibility index (Phi) is 14.3. The molecule has 1 fully saturated rings. The minimum absolute atomic E-state index is 0.125. The molecule has 0 aliphatic carbocycles. The summed E-state index contributed by atoms with van der Waals surface area (Å²) in [5, 5.41) is 4.99. The lowest BCUT2D eigenvalue weighted by Crippen LogP contribution is -2.69. The van der Waals surface area contributed by atoms with E-state index < -0.39 is 101 Å². The summed E-state index contributed by atoms with van der Waals surface area (Å²) in [6.45, 7) is 13.3. The average Bonchev–Trinajstić information content (AvgIpc) is 2.94. The first-order chi connectivity index (χ1) is 23.0. The Morgan fingerprint density at radius 2 is 1.46 bits per heavy atom. The lowest BCUT2D eigenvalue weighted by atomic mass is 9.95. The van der Waals surface area contributed by atoms with Crippen LogP contribution in [0.2, 0.25) is 0 Å². The monoisotopic (exact) mass is 729 g/mol. The number of aryl methyl sites for hydroxylation is 1. The van der Waals surface area contributed by atoms with E-state index in [1.807, 2.05) is 0 Å². The SMILES string of the molecule is COc1cc(C)c(S(=O)(=O)N[C@@H](CC(=O)N[C@@H]2O[C@H](COC(C)=O)[C@@H](OC(C)=O)[C@H](OC(C)=O)[C@H]2NC(C)=O)C(=O)OC(C)(C)C)c(C)c1C. The summed E-state index contributed by atoms with van der Waals surface area (Å²) in [6.07, 6.45) is -6.58. The Hall–Kier alpha value is -4.29. The maximum Gasteiger partial charge on any atom is 0.325 e. The highest BCUT2D eigenvalue weighted by molar-refractivity contribution is 7.89. The van der Waals surface area contributed by atoms with Crippen LogP contribution >= 0.6 is 0 Å². The standard InChI is InChI=1S/C32H47N3O14S/c1-15-12-23(44-11)16(2)17(3)29(15)50(42,43)35-22(31(41)49-32(8,9)10)13-25(40)34-30-26(33-18(4)36)28(47-21(7)39)27(46-20(6)38)24(48-30)14-45-19(5)37/h12,22,24,26-28,30,35H,13-14H2,1-11H3,(H,33,36)(H,34,40)/t22-,24+,26+,27+,28+,30+/m0/s1. The zero-order valence-electron chi connectivity index (χ0n) is 30.1. The number of esters is 4. The van der Waals surface area contributed by atoms with Crippen LogP contribution in [0.3, 0.4) is 0 Å². The molecule has 0 unspecified atom stereocenters. The molecule has 6 atom stereocenters. The molecular formula is C32H47N3O14S. The van der Waals surface area contributed by atoms with E-state index in [1.54, 1.807) is 41.5 Å². The van der Waals surface area contributed by atoms with Crippen molar-refractivity contribution < 1.29 is 65.6 Å². The van der Waals surface area contributed by atoms with Crippen LogP contribution < -0.4 is 20.1 Å². The molecule has 0 aromatic heterocycles. The topological polar surface area (TPSA) is 228 Å². The number of rotatable bonds is 13. The molecule has 0 saturated carbocycles. The molecule has 1 aromatic carbocycles. The van der Waals surface area contributed by atoms with Crippen LogP contribution in [-0.2, 0) is 62.5 Å². The maximum atomic E-state index is 13.8. The van der Waals surface area contributed by atoms with Crippen LogP contribution in [0.15, 0.2) is 11.0 Å². The molecule has 0 radical (unpaired) electrons. The predicted octanol–water partition coefficient (Wildman–Crippen LogP) is 0.771. The number of ether oxygens (including phenoxy) is 6. The van der Waals surface area contributed by atoms with Gasteiger partial charge in [0.15, 0.2) is 18.4 Å². The zero-order chi connectivity index (χ0) is 38.3. The smallest absolute Gasteiger partial charge is 0.325 e. The molecule has 1 heterocycles. The second-order valence-electron chi connectivity index (χ2n) is 12.7. The second-order valence-corrected chi connectivity index (χ2v) is 14.4. The molecule has 17 nitrogen and oxygen atoms in total. The molecule has 2 rings (SSSR count). The molecule has 3 N–H and O–H groups in total. The molecular weight excluding hydrogens is 682 g/mol. The van der Waals surface area contributed by atoms with Crippen molar-refractivity contribution in [3.8, 4) is 5.75 Å². The molecule has 1 aliphatic rings. The van der Waals surface area contributed by atoms with Crippen LogP contribution in [0.5, 0.6) is 5.75 Å². The molecule has 18 heteroatoms. The van der Waals surface area contributed by atoms with Gasteiger partial charge >= 0.3 is 23.9 Å². The number of sulfonamides is 1. The van der Waals surface area contributed by atoms with E-state index in [0.717, 1.165) is 27.7 Å². The Morgan fingerprint density at radius 1 is 0.880 bits per heavy atom. The third-order valence-electron chi connectivity index (χ3n) is 7.27. The fourth-order valence-electron chi connectivity index (χ4n) is 5.30. The molecule has 0 bridgehead atoms. The van der Waals surface area contributed by atoms with Crippen LogP contribution in [0, 0.1) is 20.8 Å². The summed E-state index contributed by atoms with van der Waals surface area (Å²) >= 11 is 0. The van der Waals surface area contributed by atoms with Gasteiger partial charge in [0, 0.05) is 27.7 Å². The first-order valence-electron chi connectivity index (χ1n) is 15.6. The number of methoxy groups -OCH3 is 1. The fourth-order valence-corrected chi connectivity index (χ4v) is 7.01. The fraction of sp³-hybridized carbons (Fsp3) is 0.625. The highest BCUT2D eigenvalue weighted by atomic mass is 32.2. The lowest BCUT2D eigenvalue weighted by Gasteiger charge is -2.45. The van der Waals surface area contributed by atoms with Gasteiger partial charge in [-0.05, 0) is 64.3 Å². The van der Waals surface area contributed by atoms with Gasteiger partial charge in [0.05, 0.1) is 18.4 Å². The van der Waals surface area contributed by atoms with Gasteiger partial charge in [-0.2, -0.15) is 4.72 Å². The normalized spacial score (nSPS) is 21.2. The summed E-state index contributed by atoms with van der Waals surface area (Å²) in [7, 11) is -3.02. The highest BCUT2D eigenvalue weighted by Gasteiger charge is 2.51. The van der Waals surface area contributed by atoms with Gasteiger partial charge in [-0.25, -0.2) is 8.42 Å². The van der Waals surface area contributed by atoms with Crippen LogP contribution in [-0.4, -0.2) is 100 Å². The summed E-state index contributed by atoms with van der Waals surface area (Å²) in [6, 6.07) is -1.62. The van der Waals surface area contributed by atoms with E-state index in [-0.39, 0.29) is 4.90 Å². The minimum Gasteiger partial charge on any atom is -0.496 e. The van der Waals surface area contributed by atoms with Crippen molar-refractivity contribution in [2.45, 2.75) is 123 Å². The highest BCUT2D eigenvalue weighted by Crippen LogP contribution is 2.31. The van der Waals surface area contributed by atoms with Gasteiger partial charge in [-0.15, -0.1) is 0 Å². The molecule has 1 saturated heterocycles. The summed E-state index contributed by atoms with van der Waals surface area (Å²) in [4.78, 5) is 75.0. The predicted molar refractivity (Wildman–Crippen MR) is 174 cm³/mol. The first-order valence-corrected chi connectivity index (χ1v) is 17.0. The van der Waals surface area contributed by atoms with E-state index in [4.69, 9.17) is 28.4 Å². The number of benzene rings is 1. The molecule has 1 aliphatic heterocycles. The third-order valence-corrected chi connectivity index (χ3v) is 9.03. The third kappa shape index (κ3) is 11.7. The summed E-state index contributed by atoms with van der Waals surface area (Å²) in [5.41, 5.74) is 0.140. The van der Waals surface area contributed by atoms with Gasteiger partial charge < -0.3 is 39.1 Å². The van der Waals surface area contributed by atoms with Crippen molar-refractivity contribution >= 4 is 45.7 Å². The molecule has 2 amide bonds. The minimum atomic E-state index is -4.47. The lowest BCUT2D eigenvalue weighted by molar-refractivity contribution is -0.228. The second kappa shape index (κ2) is 17.1. The number of carbonyl (C=O) groups excluding carboxylic acids is 6. The van der Waals surface area contributed by atoms with Gasteiger partial charge in [-0.3, -0.25) is 28.8 Å². The largest absolute Gasteiger partial charge is 0.496 e. The van der Waals surface area contributed by atoms with Crippen LogP contribution in [0.1, 0.15) is 71.6 Å². The number of nitrogens with one attached hydrogen (secondary N) is 3. The van der Waals surface area contributed by atoms with Crippen molar-refractivity contribution in [1.29, 1.82) is 0 Å². The maximum absolute atomic E-state index is 13.8. The first kappa shape index (κ1) is 41.9. The molecule has 50 heavy (non-hydrogen) atoms. The van der Waals surface area contributed by atoms with Crippen molar-refractivity contribution in [3.63, 3.8) is 0 Å². The Balaban J connectivity index is 2.55. The van der Waals surface area contributed by atoms with E-state index in [2.05, 4.69) is 15.4 Å². The van der Waals surface area contributed by atoms with Crippen LogP contribution in [0.4, 0.5) is 0 Å². The Morgan fingerprint density at radius 3 is 1.96 bits per heavy atom. The number of hydrogen-bond donors (Lipinski definition) is 3. The van der Waals surface area contributed by atoms with Gasteiger partial charge in [0.2, 0.25) is 21.8 Å². The van der Waals surface area contributed by atoms with Crippen LogP contribution in [0.25, 0.3) is 0 Å². The summed E-state index contributed by atoms with van der Waals surface area (Å²) < 4.78 is 62.5. The quantitative estimate of drug-likeness (QED) is 0.188. The van der Waals surface area contributed by atoms with Crippen molar-refractivity contribution in [3.05, 3.63) is 22.8 Å². The van der Waals surface area contributed by atoms with Crippen molar-refractivity contribution in [1.82, 2.24) is 15.4 Å². The average molecular weight is 730 g/mol. The van der Waals surface area contributed by atoms with E-state index in [1.165, 1.54) is 13.2 Å². The van der Waals surface area contributed by atoms with E-state index in [0.29, 0.717) is 22.4 Å².